The van der Waals surface area contributed by atoms with E-state index in [1.165, 1.54) is 44.3 Å². The minimum Gasteiger partial charge on any atom is -0.387 e. The number of H-pyrrole nitrogens is 2. The van der Waals surface area contributed by atoms with E-state index in [0.717, 1.165) is 4.57 Å². The number of carbonyl (C=O) groups excluding carboxylic acids is 1. The minimum atomic E-state index is -4.64. The molecule has 28 nitrogen and oxygen atoms in total. The number of Topliss-reactive ketones (excluding diaryl/α,β-unsaturated/α-hetero) is 1. The number of ether oxygens (including phenoxy) is 8. The number of halogens is 3. The average molecular weight is 1310 g/mol. The Morgan fingerprint density at radius 2 is 1.24 bits per heavy atom. The molecule has 0 aliphatic carbocycles. The number of aromatic amines is 2. The van der Waals surface area contributed by atoms with Crippen molar-refractivity contribution >= 4 is 28.6 Å². The van der Waals surface area contributed by atoms with Gasteiger partial charge in [0, 0.05) is 74.9 Å². The van der Waals surface area contributed by atoms with Gasteiger partial charge >= 0.3 is 17.6 Å². The van der Waals surface area contributed by atoms with Crippen molar-refractivity contribution < 1.29 is 79.1 Å². The summed E-state index contributed by atoms with van der Waals surface area (Å²) in [4.78, 5) is 70.2. The van der Waals surface area contributed by atoms with Crippen molar-refractivity contribution in [2.24, 2.45) is 17.0 Å². The molecule has 0 amide bonds. The lowest BCUT2D eigenvalue weighted by atomic mass is 10.0. The van der Waals surface area contributed by atoms with Crippen molar-refractivity contribution in [3.8, 4) is 0 Å². The molecule has 0 spiro atoms. The molecule has 4 rings (SSSR count). The highest BCUT2D eigenvalue weighted by Gasteiger charge is 2.56. The summed E-state index contributed by atoms with van der Waals surface area (Å²) in [6, 6.07) is 0.0231. The predicted octanol–water partition coefficient (Wildman–Crippen LogP) is 6.22. The van der Waals surface area contributed by atoms with Gasteiger partial charge in [0.05, 0.1) is 39.4 Å². The fourth-order valence-electron chi connectivity index (χ4n) is 9.03. The minimum absolute atomic E-state index is 0.0116. The number of aromatic nitrogens is 4. The molecule has 2 aromatic rings. The molecule has 2 aromatic heterocycles. The zero-order valence-electron chi connectivity index (χ0n) is 53.0. The van der Waals surface area contributed by atoms with E-state index in [0.29, 0.717) is 19.1 Å². The largest absolute Gasteiger partial charge is 0.449 e. The molecule has 2 saturated heterocycles. The molecule has 2 aliphatic rings. The molecular formula is C53H92F3N10O18P3. The van der Waals surface area contributed by atoms with Gasteiger partial charge in [0.2, 0.25) is 12.3 Å². The number of ketones is 1. The Labute approximate surface area is 507 Å². The van der Waals surface area contributed by atoms with Crippen molar-refractivity contribution in [3.05, 3.63) is 87.1 Å². The van der Waals surface area contributed by atoms with Gasteiger partial charge in [-0.15, -0.1) is 0 Å². The summed E-state index contributed by atoms with van der Waals surface area (Å²) in [5, 5.41) is 18.1. The van der Waals surface area contributed by atoms with Crippen LogP contribution in [0.25, 0.3) is 15.3 Å². The number of aryl methyl sites for hydroxylation is 2. The summed E-state index contributed by atoms with van der Waals surface area (Å²) >= 11 is 0. The Balaban J connectivity index is 0.000000552. The molecule has 2 aliphatic heterocycles. The highest BCUT2D eigenvalue weighted by Crippen LogP contribution is 2.53. The Bertz CT molecular complexity index is 2880. The van der Waals surface area contributed by atoms with E-state index in [1.54, 1.807) is 34.4 Å². The van der Waals surface area contributed by atoms with E-state index < -0.39 is 130 Å². The van der Waals surface area contributed by atoms with E-state index >= 15 is 0 Å². The van der Waals surface area contributed by atoms with Crippen LogP contribution in [0.1, 0.15) is 85.9 Å². The Kier molecular flexibility index (Phi) is 33.4. The number of rotatable bonds is 32. The number of carbonyl (C=O) groups is 1. The van der Waals surface area contributed by atoms with Crippen molar-refractivity contribution in [1.29, 1.82) is 0 Å². The molecule has 87 heavy (non-hydrogen) atoms. The molecule has 4 N–H and O–H groups in total. The Morgan fingerprint density at radius 3 is 1.63 bits per heavy atom. The Hall–Kier alpha value is -4.01. The van der Waals surface area contributed by atoms with Gasteiger partial charge in [-0.3, -0.25) is 33.5 Å². The summed E-state index contributed by atoms with van der Waals surface area (Å²) in [6.07, 6.45) is -12.3. The van der Waals surface area contributed by atoms with Gasteiger partial charge < -0.3 is 71.3 Å². The third-order valence-corrected chi connectivity index (χ3v) is 18.7. The van der Waals surface area contributed by atoms with Crippen LogP contribution in [-0.4, -0.2) is 214 Å². The van der Waals surface area contributed by atoms with E-state index in [4.69, 9.17) is 59.0 Å². The van der Waals surface area contributed by atoms with Gasteiger partial charge in [0.15, 0.2) is 12.5 Å². The molecule has 1 unspecified atom stereocenters. The van der Waals surface area contributed by atoms with Gasteiger partial charge in [0.1, 0.15) is 68.4 Å². The van der Waals surface area contributed by atoms with E-state index in [9.17, 15) is 51.4 Å². The Morgan fingerprint density at radius 1 is 0.793 bits per heavy atom. The summed E-state index contributed by atoms with van der Waals surface area (Å²) in [5.74, 6) is -3.31. The second kappa shape index (κ2) is 36.7. The number of hydrogen-bond acceptors (Lipinski definition) is 21. The lowest BCUT2D eigenvalue weighted by Gasteiger charge is -2.40. The maximum atomic E-state index is 13.7. The number of methoxy groups -OCH3 is 2. The number of nitrogens with one attached hydrogen (secondary N) is 3. The van der Waals surface area contributed by atoms with E-state index in [-0.39, 0.29) is 75.7 Å². The third kappa shape index (κ3) is 24.0. The van der Waals surface area contributed by atoms with Crippen molar-refractivity contribution in [1.82, 2.24) is 29.1 Å². The van der Waals surface area contributed by atoms with Crippen molar-refractivity contribution in [2.75, 3.05) is 101 Å². The number of azide groups is 1. The van der Waals surface area contributed by atoms with Crippen LogP contribution >= 0.6 is 22.8 Å². The summed E-state index contributed by atoms with van der Waals surface area (Å²) < 4.78 is 125. The molecule has 0 bridgehead atoms. The zero-order chi connectivity index (χ0) is 66.5. The van der Waals surface area contributed by atoms with Crippen molar-refractivity contribution in [3.63, 3.8) is 0 Å². The number of aliphatic hydroxyl groups is 1. The van der Waals surface area contributed by atoms with Crippen LogP contribution in [0.15, 0.2) is 36.7 Å². The van der Waals surface area contributed by atoms with Crippen LogP contribution < -0.4 is 27.8 Å². The van der Waals surface area contributed by atoms with Crippen LogP contribution in [-0.2, 0) is 60.9 Å². The summed E-state index contributed by atoms with van der Waals surface area (Å²) in [7, 11) is -2.95. The SMILES string of the molecule is CC(=O)C(F)(F)F.COCCO[C@@H]1[C@H](O)[C@@H]([C@H](OCC(C)C)[C@H](N=[N+]=[N-])P(C)(C)=O)O[C@H]1n1cc(C)c(=O)[nH]c1=O.[C-]#[N+]CCOP(O[C@@H]1[C@@H]([C@H](OCC(C)C)[C@H](NC)P(C)(C)=O)O[C@@H](n2cc(C)c(=O)[nH]c2=O)[C@@H]1OCCOC)N(C(C)C)C(C)C. The van der Waals surface area contributed by atoms with Crippen LogP contribution in [0, 0.1) is 32.3 Å². The normalized spacial score (nSPS) is 22.5. The smallest absolute Gasteiger partial charge is 0.387 e. The van der Waals surface area contributed by atoms with Crippen LogP contribution in [0.3, 0.4) is 0 Å². The second-order valence-corrected chi connectivity index (χ2v) is 31.1. The number of hydrogen-bond donors (Lipinski definition) is 4. The number of aliphatic hydroxyl groups excluding tert-OH is 1. The first kappa shape index (κ1) is 79.1. The molecule has 0 saturated carbocycles. The lowest BCUT2D eigenvalue weighted by Crippen LogP contribution is -2.52. The second-order valence-electron chi connectivity index (χ2n) is 22.8. The predicted molar refractivity (Wildman–Crippen MR) is 321 cm³/mol. The standard InChI is InChI=1S/C30H55N5O9P2.C20H34N5O8P.C3H3F3O/c1-19(2)18-41-25(28(32-9)46(11,12)38)23-24(44-45(42-14-13-31-8)35(20(3)4)21(5)6)26(40-16-15-39-10)29(43-23)34-17-22(7)27(36)33-30(34)37;1-11(2)10-32-16(18(23-24-21)34(5,6)29)14-13(26)15(31-8-7-30-4)19(33-14)25-9-12(3)17(27)22-20(25)28;1-2(7)3(4,5)6/h17,19-21,23-26,28-29,32H,13-16,18H2,1-7,9-12H3,(H,33,36,37);9,11,13-16,18-19,26H,7-8,10H2,1-6H3,(H,22,27,28);1H3/t23-,24+,25-,26+,28+,29+,45?;13-,14+,15-,16+,18-,19-;/m01./s1. The fraction of sp³-hybridized carbons (Fsp3) is 0.811. The van der Waals surface area contributed by atoms with Crippen molar-refractivity contribution in [2.45, 2.75) is 167 Å². The maximum absolute atomic E-state index is 13.7. The molecule has 2 fully saturated rings. The average Bonchev–Trinajstić information content (AvgIpc) is 1.67. The highest BCUT2D eigenvalue weighted by molar-refractivity contribution is 7.63. The van der Waals surface area contributed by atoms with Crippen LogP contribution in [0.2, 0.25) is 0 Å². The highest BCUT2D eigenvalue weighted by atomic mass is 31.2. The first-order chi connectivity index (χ1) is 40.4. The van der Waals surface area contributed by atoms with Gasteiger partial charge in [-0.05, 0) is 92.6 Å². The fourth-order valence-corrected chi connectivity index (χ4v) is 13.6. The lowest BCUT2D eigenvalue weighted by molar-refractivity contribution is -0.168. The van der Waals surface area contributed by atoms with E-state index in [1.807, 2.05) is 55.4 Å². The number of nitrogens with zero attached hydrogens (tertiary/aromatic N) is 7. The molecule has 0 radical (unpaired) electrons. The molecule has 13 atom stereocenters. The zero-order valence-corrected chi connectivity index (χ0v) is 55.7. The number of likely N-dealkylation sites (N-methyl/N-ethyl adjacent to an activating group) is 1. The topological polar surface area (TPSA) is 342 Å². The molecular weight excluding hydrogens is 1210 g/mol. The first-order valence-electron chi connectivity index (χ1n) is 28.1. The molecule has 498 valence electrons. The monoisotopic (exact) mass is 1310 g/mol. The van der Waals surface area contributed by atoms with Gasteiger partial charge in [-0.2, -0.15) is 13.2 Å². The molecule has 34 heteroatoms. The van der Waals surface area contributed by atoms with Gasteiger partial charge in [0.25, 0.3) is 19.6 Å². The maximum Gasteiger partial charge on any atom is 0.449 e. The van der Waals surface area contributed by atoms with E-state index in [2.05, 4.69) is 34.8 Å². The summed E-state index contributed by atoms with van der Waals surface area (Å²) in [6.45, 7) is 34.7. The van der Waals surface area contributed by atoms with Gasteiger partial charge in [-0.1, -0.05) is 32.8 Å². The van der Waals surface area contributed by atoms with Gasteiger partial charge in [-0.25, -0.2) is 20.8 Å². The third-order valence-electron chi connectivity index (χ3n) is 13.0. The quantitative estimate of drug-likeness (QED) is 0.0158. The van der Waals surface area contributed by atoms with Crippen LogP contribution in [0.4, 0.5) is 13.2 Å². The molecule has 0 aromatic carbocycles. The molecule has 4 heterocycles. The summed E-state index contributed by atoms with van der Waals surface area (Å²) in [5.41, 5.74) is 7.19. The van der Waals surface area contributed by atoms with Crippen LogP contribution in [0.5, 0.6) is 0 Å². The number of alkyl halides is 3. The first-order valence-corrected chi connectivity index (χ1v) is 34.6.